The molecular weight excluding hydrogens is 371 g/mol. The molecule has 0 saturated carbocycles. The molecule has 1 atom stereocenters. The number of para-hydroxylation sites is 3. The first-order valence-electron chi connectivity index (χ1n) is 8.41. The normalized spacial score (nSPS) is 12.5. The fourth-order valence-electron chi connectivity index (χ4n) is 2.58. The lowest BCUT2D eigenvalue weighted by Crippen LogP contribution is -2.45. The average molecular weight is 394 g/mol. The number of rotatable bonds is 7. The van der Waals surface area contributed by atoms with Crippen LogP contribution in [0.2, 0.25) is 0 Å². The Kier molecular flexibility index (Phi) is 6.43. The van der Waals surface area contributed by atoms with Crippen LogP contribution in [-0.4, -0.2) is 32.7 Å². The quantitative estimate of drug-likeness (QED) is 0.781. The highest BCUT2D eigenvalue weighted by Gasteiger charge is 2.31. The first-order chi connectivity index (χ1) is 12.6. The number of nitrogens with one attached hydrogen (secondary N) is 1. The number of nitrogens with zero attached hydrogens (tertiary/aromatic N) is 1. The number of hydrogen-bond donors (Lipinski definition) is 1. The Hall–Kier alpha value is -2.61. The van der Waals surface area contributed by atoms with Gasteiger partial charge >= 0.3 is 0 Å². The van der Waals surface area contributed by atoms with Crippen molar-refractivity contribution in [3.63, 3.8) is 0 Å². The highest BCUT2D eigenvalue weighted by Crippen LogP contribution is 2.27. The van der Waals surface area contributed by atoms with Crippen molar-refractivity contribution in [2.75, 3.05) is 15.9 Å². The molecule has 8 heteroatoms. The van der Waals surface area contributed by atoms with E-state index in [0.717, 1.165) is 16.6 Å². The van der Waals surface area contributed by atoms with Gasteiger partial charge in [0.05, 0.1) is 23.7 Å². The third-order valence-corrected chi connectivity index (χ3v) is 4.91. The van der Waals surface area contributed by atoms with Crippen LogP contribution in [0.15, 0.2) is 48.5 Å². The minimum atomic E-state index is -3.90. The molecule has 0 aromatic heterocycles. The number of hydrogen-bond acceptors (Lipinski definition) is 4. The molecule has 0 radical (unpaired) electrons. The maximum Gasteiger partial charge on any atom is 0.248 e. The number of carbonyl (C=O) groups excluding carboxylic acids is 1. The van der Waals surface area contributed by atoms with Gasteiger partial charge in [0.25, 0.3) is 0 Å². The zero-order valence-corrected chi connectivity index (χ0v) is 16.5. The third-order valence-electron chi connectivity index (χ3n) is 3.69. The van der Waals surface area contributed by atoms with Crippen LogP contribution < -0.4 is 14.4 Å². The zero-order valence-electron chi connectivity index (χ0n) is 15.6. The van der Waals surface area contributed by atoms with Gasteiger partial charge in [-0.05, 0) is 45.0 Å². The topological polar surface area (TPSA) is 75.7 Å². The molecule has 146 valence electrons. The summed E-state index contributed by atoms with van der Waals surface area (Å²) in [6, 6.07) is 11.1. The molecule has 0 fully saturated rings. The summed E-state index contributed by atoms with van der Waals surface area (Å²) in [4.78, 5) is 12.7. The van der Waals surface area contributed by atoms with Crippen LogP contribution in [0.5, 0.6) is 5.75 Å². The van der Waals surface area contributed by atoms with Crippen molar-refractivity contribution in [3.05, 3.63) is 54.3 Å². The molecule has 2 aromatic rings. The summed E-state index contributed by atoms with van der Waals surface area (Å²) in [5, 5.41) is 2.66. The van der Waals surface area contributed by atoms with E-state index in [9.17, 15) is 17.6 Å². The zero-order chi connectivity index (χ0) is 20.2. The Morgan fingerprint density at radius 1 is 1.07 bits per heavy atom. The van der Waals surface area contributed by atoms with E-state index >= 15 is 0 Å². The van der Waals surface area contributed by atoms with Crippen LogP contribution in [0.3, 0.4) is 0 Å². The molecule has 0 aliphatic carbocycles. The number of carbonyl (C=O) groups is 1. The molecule has 0 bridgehead atoms. The second-order valence-electron chi connectivity index (χ2n) is 6.34. The summed E-state index contributed by atoms with van der Waals surface area (Å²) in [5.74, 6) is -0.876. The highest BCUT2D eigenvalue weighted by molar-refractivity contribution is 7.92. The second kappa shape index (κ2) is 8.39. The van der Waals surface area contributed by atoms with Gasteiger partial charge in [0, 0.05) is 0 Å². The molecule has 2 aromatic carbocycles. The predicted octanol–water partition coefficient (Wildman–Crippen LogP) is 3.41. The fourth-order valence-corrected chi connectivity index (χ4v) is 3.75. The van der Waals surface area contributed by atoms with Crippen LogP contribution in [0.4, 0.5) is 15.8 Å². The standard InChI is InChI=1S/C19H23FN2O4S/c1-13(2)26-18-12-8-6-10-16(18)21-19(23)14(3)22(27(4,24)25)17-11-7-5-9-15(17)20/h5-14H,1-4H3,(H,21,23). The predicted molar refractivity (Wildman–Crippen MR) is 104 cm³/mol. The van der Waals surface area contributed by atoms with Gasteiger partial charge in [-0.3, -0.25) is 9.10 Å². The van der Waals surface area contributed by atoms with Crippen molar-refractivity contribution in [1.29, 1.82) is 0 Å². The summed E-state index contributed by atoms with van der Waals surface area (Å²) in [6.45, 7) is 5.10. The van der Waals surface area contributed by atoms with E-state index in [-0.39, 0.29) is 11.8 Å². The van der Waals surface area contributed by atoms with Crippen molar-refractivity contribution >= 4 is 27.3 Å². The van der Waals surface area contributed by atoms with Gasteiger partial charge in [-0.2, -0.15) is 0 Å². The number of benzene rings is 2. The molecule has 0 heterocycles. The van der Waals surface area contributed by atoms with Crippen LogP contribution in [0.25, 0.3) is 0 Å². The van der Waals surface area contributed by atoms with Crippen molar-refractivity contribution in [2.45, 2.75) is 32.9 Å². The molecule has 2 rings (SSSR count). The van der Waals surface area contributed by atoms with E-state index in [1.807, 2.05) is 13.8 Å². The fraction of sp³-hybridized carbons (Fsp3) is 0.316. The SMILES string of the molecule is CC(C)Oc1ccccc1NC(=O)C(C)N(c1ccccc1F)S(C)(=O)=O. The summed E-state index contributed by atoms with van der Waals surface area (Å²) >= 11 is 0. The molecule has 1 unspecified atom stereocenters. The van der Waals surface area contributed by atoms with Crippen molar-refractivity contribution in [2.24, 2.45) is 0 Å². The van der Waals surface area contributed by atoms with Crippen LogP contribution in [0, 0.1) is 5.82 Å². The summed E-state index contributed by atoms with van der Waals surface area (Å²) in [7, 11) is -3.90. The van der Waals surface area contributed by atoms with E-state index in [4.69, 9.17) is 4.74 Å². The molecule has 1 amide bonds. The lowest BCUT2D eigenvalue weighted by molar-refractivity contribution is -0.116. The third kappa shape index (κ3) is 5.19. The van der Waals surface area contributed by atoms with E-state index in [0.29, 0.717) is 11.4 Å². The summed E-state index contributed by atoms with van der Waals surface area (Å²) < 4.78 is 45.1. The largest absolute Gasteiger partial charge is 0.489 e. The first kappa shape index (κ1) is 20.7. The average Bonchev–Trinajstić information content (AvgIpc) is 2.57. The molecule has 27 heavy (non-hydrogen) atoms. The maximum absolute atomic E-state index is 14.2. The van der Waals surface area contributed by atoms with E-state index in [2.05, 4.69) is 5.32 Å². The van der Waals surface area contributed by atoms with Crippen LogP contribution in [0.1, 0.15) is 20.8 Å². The van der Waals surface area contributed by atoms with E-state index in [1.54, 1.807) is 24.3 Å². The van der Waals surface area contributed by atoms with Crippen molar-refractivity contribution in [1.82, 2.24) is 0 Å². The summed E-state index contributed by atoms with van der Waals surface area (Å²) in [6.07, 6.45) is 0.824. The lowest BCUT2D eigenvalue weighted by atomic mass is 10.2. The minimum absolute atomic E-state index is 0.105. The first-order valence-corrected chi connectivity index (χ1v) is 10.3. The van der Waals surface area contributed by atoms with Gasteiger partial charge in [-0.1, -0.05) is 24.3 Å². The molecule has 0 aliphatic heterocycles. The number of ether oxygens (including phenoxy) is 1. The maximum atomic E-state index is 14.2. The Labute approximate surface area is 159 Å². The molecule has 0 spiro atoms. The van der Waals surface area contributed by atoms with Gasteiger partial charge in [0.15, 0.2) is 0 Å². The van der Waals surface area contributed by atoms with Gasteiger partial charge < -0.3 is 10.1 Å². The monoisotopic (exact) mass is 394 g/mol. The van der Waals surface area contributed by atoms with Gasteiger partial charge in [0.1, 0.15) is 17.6 Å². The van der Waals surface area contributed by atoms with Crippen molar-refractivity contribution < 1.29 is 22.3 Å². The Morgan fingerprint density at radius 3 is 2.26 bits per heavy atom. The van der Waals surface area contributed by atoms with Crippen LogP contribution in [-0.2, 0) is 14.8 Å². The summed E-state index contributed by atoms with van der Waals surface area (Å²) in [5.41, 5.74) is 0.222. The Bertz CT molecular complexity index is 915. The number of sulfonamides is 1. The minimum Gasteiger partial charge on any atom is -0.489 e. The second-order valence-corrected chi connectivity index (χ2v) is 8.20. The molecule has 6 nitrogen and oxygen atoms in total. The highest BCUT2D eigenvalue weighted by atomic mass is 32.2. The van der Waals surface area contributed by atoms with Crippen LogP contribution >= 0.6 is 0 Å². The number of anilines is 2. The van der Waals surface area contributed by atoms with Crippen molar-refractivity contribution in [3.8, 4) is 5.75 Å². The van der Waals surface area contributed by atoms with Gasteiger partial charge in [0.2, 0.25) is 15.9 Å². The van der Waals surface area contributed by atoms with Gasteiger partial charge in [-0.15, -0.1) is 0 Å². The molecule has 1 N–H and O–H groups in total. The molecule has 0 aliphatic rings. The van der Waals surface area contributed by atoms with E-state index < -0.39 is 27.8 Å². The van der Waals surface area contributed by atoms with E-state index in [1.165, 1.54) is 25.1 Å². The number of amides is 1. The molecule has 0 saturated heterocycles. The number of halogens is 1. The molecular formula is C19H23FN2O4S. The van der Waals surface area contributed by atoms with Gasteiger partial charge in [-0.25, -0.2) is 12.8 Å². The smallest absolute Gasteiger partial charge is 0.248 e. The lowest BCUT2D eigenvalue weighted by Gasteiger charge is -2.28. The Balaban J connectivity index is 2.33. The Morgan fingerprint density at radius 2 is 1.67 bits per heavy atom.